The fourth-order valence-electron chi connectivity index (χ4n) is 3.94. The lowest BCUT2D eigenvalue weighted by atomic mass is 9.64. The van der Waals surface area contributed by atoms with Crippen LogP contribution in [0.3, 0.4) is 0 Å². The zero-order valence-corrected chi connectivity index (χ0v) is 13.9. The van der Waals surface area contributed by atoms with Gasteiger partial charge in [-0.25, -0.2) is 0 Å². The highest BCUT2D eigenvalue weighted by atomic mass is 16.5. The Morgan fingerprint density at radius 3 is 2.78 bits per heavy atom. The summed E-state index contributed by atoms with van der Waals surface area (Å²) in [5, 5.41) is 18.3. The van der Waals surface area contributed by atoms with Crippen LogP contribution in [-0.4, -0.2) is 33.8 Å². The number of hydrogen-bond acceptors (Lipinski definition) is 4. The summed E-state index contributed by atoms with van der Waals surface area (Å²) in [6.45, 7) is 5.21. The number of para-hydroxylation sites is 1. The Hall–Kier alpha value is -2.14. The van der Waals surface area contributed by atoms with E-state index in [0.717, 1.165) is 22.5 Å². The van der Waals surface area contributed by atoms with Crippen LogP contribution in [0.2, 0.25) is 0 Å². The van der Waals surface area contributed by atoms with Crippen molar-refractivity contribution in [1.82, 2.24) is 10.2 Å². The Kier molecular flexibility index (Phi) is 3.76. The molecule has 0 saturated carbocycles. The number of methoxy groups -OCH3 is 1. The van der Waals surface area contributed by atoms with Crippen molar-refractivity contribution in [2.75, 3.05) is 7.11 Å². The highest BCUT2D eigenvalue weighted by Gasteiger charge is 2.49. The van der Waals surface area contributed by atoms with Gasteiger partial charge < -0.3 is 9.84 Å². The summed E-state index contributed by atoms with van der Waals surface area (Å²) in [7, 11) is 1.62. The molecule has 3 atom stereocenters. The average Bonchev–Trinajstić information content (AvgIpc) is 2.85. The van der Waals surface area contributed by atoms with Gasteiger partial charge in [-0.05, 0) is 26.8 Å². The molecule has 5 heteroatoms. The monoisotopic (exact) mass is 314 g/mol. The summed E-state index contributed by atoms with van der Waals surface area (Å²) >= 11 is 0. The quantitative estimate of drug-likeness (QED) is 0.912. The SMILES string of the molecule is COc1ccccc1C1c2c(n[nH]c2C)CC(C)(O)C1C(C)=O. The highest BCUT2D eigenvalue weighted by molar-refractivity contribution is 5.82. The number of aromatic amines is 1. The minimum absolute atomic E-state index is 0.0304. The smallest absolute Gasteiger partial charge is 0.136 e. The van der Waals surface area contributed by atoms with Gasteiger partial charge in [0, 0.05) is 29.2 Å². The third-order valence-electron chi connectivity index (χ3n) is 4.83. The predicted octanol–water partition coefficient (Wildman–Crippen LogP) is 2.37. The van der Waals surface area contributed by atoms with E-state index in [1.54, 1.807) is 21.0 Å². The lowest BCUT2D eigenvalue weighted by Crippen LogP contribution is -2.48. The molecule has 0 spiro atoms. The van der Waals surface area contributed by atoms with Crippen LogP contribution in [-0.2, 0) is 11.2 Å². The van der Waals surface area contributed by atoms with Gasteiger partial charge in [0.05, 0.1) is 24.3 Å². The van der Waals surface area contributed by atoms with Crippen molar-refractivity contribution >= 4 is 5.78 Å². The Bertz CT molecular complexity index is 748. The summed E-state index contributed by atoms with van der Waals surface area (Å²) in [6, 6.07) is 7.66. The second-order valence-electron chi connectivity index (χ2n) is 6.55. The van der Waals surface area contributed by atoms with Gasteiger partial charge in [0.1, 0.15) is 11.5 Å². The number of carbonyl (C=O) groups excluding carboxylic acids is 1. The summed E-state index contributed by atoms with van der Waals surface area (Å²) in [5.74, 6) is -0.131. The van der Waals surface area contributed by atoms with E-state index in [-0.39, 0.29) is 11.7 Å². The molecular formula is C18H22N2O3. The molecule has 1 aromatic heterocycles. The number of H-pyrrole nitrogens is 1. The van der Waals surface area contributed by atoms with E-state index >= 15 is 0 Å². The molecule has 5 nitrogen and oxygen atoms in total. The number of fused-ring (bicyclic) bond motifs is 1. The number of nitrogens with zero attached hydrogens (tertiary/aromatic N) is 1. The van der Waals surface area contributed by atoms with Crippen LogP contribution in [0.15, 0.2) is 24.3 Å². The number of Topliss-reactive ketones (excluding diaryl/α,β-unsaturated/α-hetero) is 1. The van der Waals surface area contributed by atoms with Crippen molar-refractivity contribution < 1.29 is 14.6 Å². The first-order valence-electron chi connectivity index (χ1n) is 7.76. The van der Waals surface area contributed by atoms with Gasteiger partial charge >= 0.3 is 0 Å². The molecule has 1 heterocycles. The van der Waals surface area contributed by atoms with Crippen LogP contribution in [0, 0.1) is 12.8 Å². The normalized spacial score (nSPS) is 26.7. The molecule has 0 saturated heterocycles. The second kappa shape index (κ2) is 5.49. The van der Waals surface area contributed by atoms with Crippen LogP contribution < -0.4 is 4.74 Å². The average molecular weight is 314 g/mol. The van der Waals surface area contributed by atoms with Crippen molar-refractivity contribution in [3.8, 4) is 5.75 Å². The lowest BCUT2D eigenvalue weighted by molar-refractivity contribution is -0.130. The minimum Gasteiger partial charge on any atom is -0.496 e. The molecule has 0 fully saturated rings. The van der Waals surface area contributed by atoms with E-state index in [1.807, 2.05) is 31.2 Å². The fourth-order valence-corrected chi connectivity index (χ4v) is 3.94. The molecule has 1 aromatic carbocycles. The lowest BCUT2D eigenvalue weighted by Gasteiger charge is -2.41. The van der Waals surface area contributed by atoms with E-state index < -0.39 is 11.5 Å². The topological polar surface area (TPSA) is 75.2 Å². The Labute approximate surface area is 135 Å². The number of benzene rings is 1. The molecule has 122 valence electrons. The molecule has 0 radical (unpaired) electrons. The Morgan fingerprint density at radius 1 is 1.43 bits per heavy atom. The largest absolute Gasteiger partial charge is 0.496 e. The zero-order valence-electron chi connectivity index (χ0n) is 13.9. The maximum absolute atomic E-state index is 12.4. The minimum atomic E-state index is -1.15. The number of rotatable bonds is 3. The number of ketones is 1. The van der Waals surface area contributed by atoms with E-state index in [1.165, 1.54) is 0 Å². The maximum atomic E-state index is 12.4. The molecule has 3 unspecified atom stereocenters. The molecule has 3 rings (SSSR count). The molecule has 1 aliphatic rings. The number of nitrogens with one attached hydrogen (secondary N) is 1. The third-order valence-corrected chi connectivity index (χ3v) is 4.83. The fraction of sp³-hybridized carbons (Fsp3) is 0.444. The van der Waals surface area contributed by atoms with E-state index in [0.29, 0.717) is 12.2 Å². The van der Waals surface area contributed by atoms with Crippen molar-refractivity contribution in [3.05, 3.63) is 46.8 Å². The van der Waals surface area contributed by atoms with Crippen LogP contribution in [0.25, 0.3) is 0 Å². The van der Waals surface area contributed by atoms with Gasteiger partial charge in [-0.15, -0.1) is 0 Å². The molecule has 0 aliphatic heterocycles. The van der Waals surface area contributed by atoms with Crippen molar-refractivity contribution in [2.45, 2.75) is 38.7 Å². The molecule has 1 aliphatic carbocycles. The Morgan fingerprint density at radius 2 is 2.13 bits per heavy atom. The first-order chi connectivity index (χ1) is 10.9. The van der Waals surface area contributed by atoms with Gasteiger partial charge in [-0.1, -0.05) is 18.2 Å². The van der Waals surface area contributed by atoms with E-state index in [4.69, 9.17) is 4.74 Å². The number of aromatic nitrogens is 2. The summed E-state index contributed by atoms with van der Waals surface area (Å²) in [4.78, 5) is 12.4. The van der Waals surface area contributed by atoms with E-state index in [9.17, 15) is 9.90 Å². The highest BCUT2D eigenvalue weighted by Crippen LogP contribution is 2.48. The van der Waals surface area contributed by atoms with Crippen molar-refractivity contribution in [3.63, 3.8) is 0 Å². The Balaban J connectivity index is 2.28. The van der Waals surface area contributed by atoms with Gasteiger partial charge in [0.2, 0.25) is 0 Å². The zero-order chi connectivity index (χ0) is 16.8. The second-order valence-corrected chi connectivity index (χ2v) is 6.55. The summed E-state index contributed by atoms with van der Waals surface area (Å²) in [6.07, 6.45) is 0.364. The number of hydrogen-bond donors (Lipinski definition) is 2. The van der Waals surface area contributed by atoms with Crippen LogP contribution in [0.4, 0.5) is 0 Å². The number of aliphatic hydroxyl groups is 1. The molecule has 23 heavy (non-hydrogen) atoms. The third kappa shape index (κ3) is 2.45. The number of aryl methyl sites for hydroxylation is 1. The maximum Gasteiger partial charge on any atom is 0.136 e. The van der Waals surface area contributed by atoms with Crippen LogP contribution >= 0.6 is 0 Å². The van der Waals surface area contributed by atoms with Crippen LogP contribution in [0.1, 0.15) is 42.3 Å². The summed E-state index contributed by atoms with van der Waals surface area (Å²) in [5.41, 5.74) is 2.51. The molecular weight excluding hydrogens is 292 g/mol. The number of ether oxygens (including phenoxy) is 1. The first-order valence-corrected chi connectivity index (χ1v) is 7.76. The predicted molar refractivity (Wildman–Crippen MR) is 86.7 cm³/mol. The standard InChI is InChI=1S/C18H22N2O3/c1-10-15-13(20-19-10)9-18(3,22)17(11(2)21)16(15)12-7-5-6-8-14(12)23-4/h5-8,16-17,22H,9H2,1-4H3,(H,19,20). The van der Waals surface area contributed by atoms with Gasteiger partial charge in [0.25, 0.3) is 0 Å². The first kappa shape index (κ1) is 15.7. The van der Waals surface area contributed by atoms with Crippen molar-refractivity contribution in [2.24, 2.45) is 5.92 Å². The summed E-state index contributed by atoms with van der Waals surface area (Å²) < 4.78 is 5.50. The van der Waals surface area contributed by atoms with Gasteiger partial charge in [-0.2, -0.15) is 5.10 Å². The molecule has 2 N–H and O–H groups in total. The van der Waals surface area contributed by atoms with Crippen LogP contribution in [0.5, 0.6) is 5.75 Å². The van der Waals surface area contributed by atoms with Gasteiger partial charge in [-0.3, -0.25) is 9.89 Å². The molecule has 0 bridgehead atoms. The molecule has 2 aromatic rings. The number of carbonyl (C=O) groups is 1. The van der Waals surface area contributed by atoms with Gasteiger partial charge in [0.15, 0.2) is 0 Å². The molecule has 0 amide bonds. The van der Waals surface area contributed by atoms with E-state index in [2.05, 4.69) is 10.2 Å². The van der Waals surface area contributed by atoms with Crippen molar-refractivity contribution in [1.29, 1.82) is 0 Å².